The number of anilines is 1. The quantitative estimate of drug-likeness (QED) is 0.0676. The van der Waals surface area contributed by atoms with Crippen LogP contribution in [0.5, 0.6) is 0 Å². The number of amides is 2. The molecule has 13 nitrogen and oxygen atoms in total. The molecule has 3 heterocycles. The highest BCUT2D eigenvalue weighted by atomic mass is 19.1. The van der Waals surface area contributed by atoms with E-state index < -0.39 is 72.3 Å². The van der Waals surface area contributed by atoms with Crippen molar-refractivity contribution in [1.29, 1.82) is 0 Å². The lowest BCUT2D eigenvalue weighted by atomic mass is 10.1. The molecule has 0 N–H and O–H groups in total. The van der Waals surface area contributed by atoms with Crippen molar-refractivity contribution in [3.8, 4) is 0 Å². The Morgan fingerprint density at radius 3 is 2.04 bits per heavy atom. The number of carbonyl (C=O) groups excluding carboxylic acids is 5. The van der Waals surface area contributed by atoms with Crippen LogP contribution in [0.3, 0.4) is 0 Å². The minimum absolute atomic E-state index is 0.0268. The van der Waals surface area contributed by atoms with Gasteiger partial charge in [0.15, 0.2) is 30.0 Å². The third kappa shape index (κ3) is 5.38. The molecule has 6 rings (SSSR count). The van der Waals surface area contributed by atoms with E-state index in [-0.39, 0.29) is 22.3 Å². The van der Waals surface area contributed by atoms with E-state index in [0.29, 0.717) is 11.1 Å². The largest absolute Gasteiger partial charge is 0.459 e. The van der Waals surface area contributed by atoms with Gasteiger partial charge >= 0.3 is 18.2 Å². The highest BCUT2D eigenvalue weighted by molar-refractivity contribution is 6.39. The number of Topliss-reactive ketones (excluding diaryl/α,β-unsaturated/α-hetero) is 1. The number of carbonyl (C=O) groups is 5. The van der Waals surface area contributed by atoms with Gasteiger partial charge in [-0.3, -0.25) is 19.0 Å². The molecule has 2 aliphatic heterocycles. The second kappa shape index (κ2) is 12.5. The molecule has 0 aliphatic carbocycles. The Bertz CT molecular complexity index is 1870. The molecule has 0 bridgehead atoms. The number of imidazole rings is 1. The number of fused-ring (bicyclic) bond motifs is 1. The molecular formula is C32H22FN5O8. The molecule has 4 aromatic rings. The number of rotatable bonds is 9. The molecule has 0 unspecified atom stereocenters. The molecule has 2 amide bonds. The Morgan fingerprint density at radius 2 is 1.46 bits per heavy atom. The highest BCUT2D eigenvalue weighted by Crippen LogP contribution is 2.40. The zero-order chi connectivity index (χ0) is 32.4. The van der Waals surface area contributed by atoms with Crippen molar-refractivity contribution in [3.63, 3.8) is 0 Å². The number of nitrogens with zero attached hydrogens (tertiary/aromatic N) is 5. The average molecular weight is 624 g/mol. The van der Waals surface area contributed by atoms with Gasteiger partial charge in [0.05, 0.1) is 28.6 Å². The van der Waals surface area contributed by atoms with Gasteiger partial charge in [-0.1, -0.05) is 48.5 Å². The summed E-state index contributed by atoms with van der Waals surface area (Å²) in [7, 11) is 0. The van der Waals surface area contributed by atoms with Crippen LogP contribution in [0, 0.1) is 0 Å². The smallest absolute Gasteiger partial charge is 0.338 e. The number of ether oxygens (including phenoxy) is 3. The van der Waals surface area contributed by atoms with Crippen LogP contribution in [0.15, 0.2) is 91.3 Å². The van der Waals surface area contributed by atoms with Crippen LogP contribution in [-0.2, 0) is 14.2 Å². The second-order valence-corrected chi connectivity index (χ2v) is 10.1. The van der Waals surface area contributed by atoms with Gasteiger partial charge in [0.2, 0.25) is 0 Å². The Morgan fingerprint density at radius 1 is 0.891 bits per heavy atom. The van der Waals surface area contributed by atoms with Gasteiger partial charge < -0.3 is 19.7 Å². The average Bonchev–Trinajstić information content (AvgIpc) is 3.72. The van der Waals surface area contributed by atoms with Gasteiger partial charge in [-0.2, -0.15) is 4.79 Å². The van der Waals surface area contributed by atoms with Gasteiger partial charge in [0.25, 0.3) is 17.6 Å². The number of hydrogen-bond acceptors (Lipinski definition) is 9. The Hall–Kier alpha value is -6.11. The van der Waals surface area contributed by atoms with Crippen molar-refractivity contribution in [2.45, 2.75) is 24.6 Å². The maximum absolute atomic E-state index is 16.5. The van der Waals surface area contributed by atoms with Crippen LogP contribution in [0.1, 0.15) is 58.1 Å². The molecule has 230 valence electrons. The first-order chi connectivity index (χ1) is 22.3. The number of hydrogen-bond donors (Lipinski definition) is 0. The number of ketones is 1. The van der Waals surface area contributed by atoms with Crippen LogP contribution in [-0.4, -0.2) is 75.1 Å². The molecule has 14 heteroatoms. The van der Waals surface area contributed by atoms with Crippen molar-refractivity contribution in [1.82, 2.24) is 9.55 Å². The summed E-state index contributed by atoms with van der Waals surface area (Å²) in [4.78, 5) is 72.8. The number of esters is 2. The Labute approximate surface area is 259 Å². The monoisotopic (exact) mass is 623 g/mol. The zero-order valence-electron chi connectivity index (χ0n) is 23.6. The first-order valence-corrected chi connectivity index (χ1v) is 13.8. The number of aromatic nitrogens is 2. The fourth-order valence-electron chi connectivity index (χ4n) is 5.21. The van der Waals surface area contributed by atoms with Crippen molar-refractivity contribution in [3.05, 3.63) is 125 Å². The summed E-state index contributed by atoms with van der Waals surface area (Å²) in [6.07, 6.45) is -5.51. The number of alkyl halides is 1. The normalized spacial score (nSPS) is 20.2. The summed E-state index contributed by atoms with van der Waals surface area (Å²) in [5.41, 5.74) is 8.84. The molecule has 4 atom stereocenters. The van der Waals surface area contributed by atoms with E-state index in [1.165, 1.54) is 36.4 Å². The van der Waals surface area contributed by atoms with Crippen molar-refractivity contribution in [2.24, 2.45) is 0 Å². The predicted molar refractivity (Wildman–Crippen MR) is 155 cm³/mol. The summed E-state index contributed by atoms with van der Waals surface area (Å²) in [5, 5.41) is 0. The summed E-state index contributed by atoms with van der Waals surface area (Å²) in [6, 6.07) is 21.7. The first kappa shape index (κ1) is 29.9. The lowest BCUT2D eigenvalue weighted by molar-refractivity contribution is -0.0575. The van der Waals surface area contributed by atoms with E-state index >= 15 is 4.39 Å². The van der Waals surface area contributed by atoms with E-state index in [0.717, 1.165) is 10.9 Å². The zero-order valence-corrected chi connectivity index (χ0v) is 23.6. The van der Waals surface area contributed by atoms with Crippen molar-refractivity contribution >= 4 is 41.6 Å². The predicted octanol–water partition coefficient (Wildman–Crippen LogP) is 3.49. The molecule has 2 aliphatic rings. The van der Waals surface area contributed by atoms with Crippen molar-refractivity contribution in [2.75, 3.05) is 11.5 Å². The minimum Gasteiger partial charge on any atom is -0.459 e. The first-order valence-electron chi connectivity index (χ1n) is 13.8. The molecule has 0 radical (unpaired) electrons. The SMILES string of the molecule is [N-]=[N+]=CC(=O)c1ncn([C@@H]2O[C@H](COC(=O)c3ccccc3)[C@@H](OC(=O)c3ccccc3)[C@H]2F)c1N1C(=O)c2ccccc2C1=O. The van der Waals surface area contributed by atoms with Gasteiger partial charge in [-0.25, -0.2) is 23.9 Å². The Balaban J connectivity index is 1.37. The van der Waals surface area contributed by atoms with E-state index in [4.69, 9.17) is 19.7 Å². The van der Waals surface area contributed by atoms with Gasteiger partial charge in [0, 0.05) is 0 Å². The van der Waals surface area contributed by atoms with Gasteiger partial charge in [-0.15, -0.1) is 0 Å². The molecule has 46 heavy (non-hydrogen) atoms. The molecule has 1 aromatic heterocycles. The topological polar surface area (TPSA) is 171 Å². The highest BCUT2D eigenvalue weighted by Gasteiger charge is 2.52. The van der Waals surface area contributed by atoms with E-state index in [9.17, 15) is 24.0 Å². The second-order valence-electron chi connectivity index (χ2n) is 10.1. The standard InChI is InChI=1S/C32H22FN5O8/c33-24-26(46-32(43)19-11-5-2-6-12-19)23(16-44-31(42)18-9-3-1-4-10-18)45-30(24)37-17-35-25(22(39)15-36-34)27(37)38-28(40)20-13-7-8-14-21(20)29(38)41/h1-15,17,23-24,26,30H,16H2/t23-,24-,26-,30-/m1/s1. The molecule has 0 saturated carbocycles. The maximum Gasteiger partial charge on any atom is 0.338 e. The van der Waals surface area contributed by atoms with E-state index in [1.54, 1.807) is 48.5 Å². The summed E-state index contributed by atoms with van der Waals surface area (Å²) in [6.45, 7) is -0.558. The maximum atomic E-state index is 16.5. The number of benzene rings is 3. The fourth-order valence-corrected chi connectivity index (χ4v) is 5.21. The lowest BCUT2D eigenvalue weighted by Gasteiger charge is -2.22. The summed E-state index contributed by atoms with van der Waals surface area (Å²) in [5.74, 6) is -4.78. The van der Waals surface area contributed by atoms with E-state index in [1.807, 2.05) is 0 Å². The summed E-state index contributed by atoms with van der Waals surface area (Å²) >= 11 is 0. The lowest BCUT2D eigenvalue weighted by Crippen LogP contribution is -2.37. The van der Waals surface area contributed by atoms with Gasteiger partial charge in [0.1, 0.15) is 12.7 Å². The summed E-state index contributed by atoms with van der Waals surface area (Å²) < 4.78 is 34.3. The molecule has 1 saturated heterocycles. The van der Waals surface area contributed by atoms with Crippen LogP contribution < -0.4 is 4.90 Å². The molecular weight excluding hydrogens is 601 g/mol. The third-order valence-corrected chi connectivity index (χ3v) is 7.36. The van der Waals surface area contributed by atoms with Crippen LogP contribution in [0.2, 0.25) is 0 Å². The Kier molecular flexibility index (Phi) is 8.12. The molecule has 1 fully saturated rings. The van der Waals surface area contributed by atoms with Crippen LogP contribution >= 0.6 is 0 Å². The number of halogens is 1. The van der Waals surface area contributed by atoms with Crippen LogP contribution in [0.4, 0.5) is 10.2 Å². The van der Waals surface area contributed by atoms with Crippen LogP contribution in [0.25, 0.3) is 5.53 Å². The fraction of sp³-hybridized carbons (Fsp3) is 0.156. The minimum atomic E-state index is -2.19. The number of imide groups is 1. The molecule has 3 aromatic carbocycles. The third-order valence-electron chi connectivity index (χ3n) is 7.36. The van der Waals surface area contributed by atoms with Crippen molar-refractivity contribution < 1.29 is 47.4 Å². The van der Waals surface area contributed by atoms with E-state index in [2.05, 4.69) is 9.77 Å². The van der Waals surface area contributed by atoms with Gasteiger partial charge in [-0.05, 0) is 36.4 Å². The molecule has 0 spiro atoms.